The Morgan fingerprint density at radius 2 is 1.61 bits per heavy atom. The zero-order chi connectivity index (χ0) is 17.0. The smallest absolute Gasteiger partial charge is 0.259 e. The van der Waals surface area contributed by atoms with Crippen molar-refractivity contribution in [2.45, 2.75) is 13.8 Å². The van der Waals surface area contributed by atoms with E-state index < -0.39 is 0 Å². The second kappa shape index (κ2) is 7.15. The highest BCUT2D eigenvalue weighted by atomic mass is 35.5. The average molecular weight is 333 g/mol. The van der Waals surface area contributed by atoms with Gasteiger partial charge >= 0.3 is 0 Å². The lowest BCUT2D eigenvalue weighted by Gasteiger charge is -2.12. The molecule has 0 radical (unpaired) electrons. The summed E-state index contributed by atoms with van der Waals surface area (Å²) in [5.74, 6) is 0.0161. The molecule has 2 aromatic carbocycles. The largest absolute Gasteiger partial charge is 0.496 e. The van der Waals surface area contributed by atoms with E-state index in [0.717, 1.165) is 5.56 Å². The maximum Gasteiger partial charge on any atom is 0.259 e. The molecule has 2 aromatic rings. The Kier molecular flexibility index (Phi) is 5.24. The molecule has 2 amide bonds. The molecule has 0 saturated heterocycles. The number of carbonyl (C=O) groups is 2. The zero-order valence-electron chi connectivity index (χ0n) is 13.1. The Morgan fingerprint density at radius 1 is 1.04 bits per heavy atom. The number of nitrogens with one attached hydrogen (secondary N) is 2. The molecule has 0 spiro atoms. The highest BCUT2D eigenvalue weighted by Gasteiger charge is 2.16. The van der Waals surface area contributed by atoms with Crippen molar-refractivity contribution in [3.8, 4) is 5.75 Å². The Bertz CT molecular complexity index is 742. The van der Waals surface area contributed by atoms with Gasteiger partial charge in [-0.05, 0) is 48.9 Å². The van der Waals surface area contributed by atoms with E-state index >= 15 is 0 Å². The van der Waals surface area contributed by atoms with Gasteiger partial charge in [0.2, 0.25) is 5.91 Å². The number of ether oxygens (including phenoxy) is 1. The number of carbonyl (C=O) groups excluding carboxylic acids is 2. The predicted molar refractivity (Wildman–Crippen MR) is 91.4 cm³/mol. The van der Waals surface area contributed by atoms with Crippen molar-refractivity contribution in [1.82, 2.24) is 0 Å². The molecule has 0 atom stereocenters. The van der Waals surface area contributed by atoms with Gasteiger partial charge in [0.1, 0.15) is 5.75 Å². The minimum absolute atomic E-state index is 0.152. The molecule has 2 N–H and O–H groups in total. The molecule has 0 aliphatic carbocycles. The first kappa shape index (κ1) is 16.8. The Labute approximate surface area is 139 Å². The van der Waals surface area contributed by atoms with Crippen molar-refractivity contribution in [2.24, 2.45) is 0 Å². The van der Waals surface area contributed by atoms with Gasteiger partial charge in [-0.25, -0.2) is 0 Å². The van der Waals surface area contributed by atoms with Crippen LogP contribution in [0.2, 0.25) is 5.02 Å². The van der Waals surface area contributed by atoms with Gasteiger partial charge in [-0.3, -0.25) is 9.59 Å². The normalized spacial score (nSPS) is 10.1. The summed E-state index contributed by atoms with van der Waals surface area (Å²) in [4.78, 5) is 23.4. The molecule has 0 unspecified atom stereocenters. The van der Waals surface area contributed by atoms with E-state index in [1.54, 1.807) is 36.4 Å². The SMILES string of the molecule is COc1c(C)cc(Cl)cc1C(=O)Nc1ccc(NC(C)=O)cc1. The van der Waals surface area contributed by atoms with Gasteiger partial charge in [-0.1, -0.05) is 11.6 Å². The summed E-state index contributed by atoms with van der Waals surface area (Å²) in [6, 6.07) is 10.1. The van der Waals surface area contributed by atoms with Crippen molar-refractivity contribution < 1.29 is 14.3 Å². The van der Waals surface area contributed by atoms with Crippen LogP contribution in [0.5, 0.6) is 5.75 Å². The minimum atomic E-state index is -0.320. The number of amides is 2. The maximum absolute atomic E-state index is 12.4. The zero-order valence-corrected chi connectivity index (χ0v) is 13.8. The molecule has 6 heteroatoms. The van der Waals surface area contributed by atoms with E-state index in [1.807, 2.05) is 6.92 Å². The molecule has 0 saturated carbocycles. The Morgan fingerprint density at radius 3 is 2.13 bits per heavy atom. The lowest BCUT2D eigenvalue weighted by Crippen LogP contribution is -2.14. The molecule has 0 bridgehead atoms. The van der Waals surface area contributed by atoms with Crippen molar-refractivity contribution in [3.63, 3.8) is 0 Å². The molecule has 0 aliphatic heterocycles. The third-order valence-electron chi connectivity index (χ3n) is 3.15. The lowest BCUT2D eigenvalue weighted by atomic mass is 10.1. The van der Waals surface area contributed by atoms with Crippen LogP contribution in [-0.2, 0) is 4.79 Å². The monoisotopic (exact) mass is 332 g/mol. The summed E-state index contributed by atoms with van der Waals surface area (Å²) in [5.41, 5.74) is 2.41. The van der Waals surface area contributed by atoms with Crippen LogP contribution in [0, 0.1) is 6.92 Å². The second-order valence-electron chi connectivity index (χ2n) is 5.02. The van der Waals surface area contributed by atoms with Crippen LogP contribution < -0.4 is 15.4 Å². The fourth-order valence-electron chi connectivity index (χ4n) is 2.21. The molecular formula is C17H17ClN2O3. The molecular weight excluding hydrogens is 316 g/mol. The van der Waals surface area contributed by atoms with Gasteiger partial charge in [0.05, 0.1) is 12.7 Å². The van der Waals surface area contributed by atoms with Crippen molar-refractivity contribution in [2.75, 3.05) is 17.7 Å². The van der Waals surface area contributed by atoms with Gasteiger partial charge in [0, 0.05) is 23.3 Å². The second-order valence-corrected chi connectivity index (χ2v) is 5.45. The van der Waals surface area contributed by atoms with Crippen molar-refractivity contribution in [1.29, 1.82) is 0 Å². The van der Waals surface area contributed by atoms with E-state index in [4.69, 9.17) is 16.3 Å². The highest BCUT2D eigenvalue weighted by molar-refractivity contribution is 6.31. The number of halogens is 1. The molecule has 2 rings (SSSR count). The fourth-order valence-corrected chi connectivity index (χ4v) is 2.48. The molecule has 0 aromatic heterocycles. The predicted octanol–water partition coefficient (Wildman–Crippen LogP) is 3.87. The third kappa shape index (κ3) is 4.23. The first-order chi connectivity index (χ1) is 10.9. The van der Waals surface area contributed by atoms with Gasteiger partial charge in [0.15, 0.2) is 0 Å². The van der Waals surface area contributed by atoms with E-state index in [2.05, 4.69) is 10.6 Å². The molecule has 120 valence electrons. The van der Waals surface area contributed by atoms with Gasteiger partial charge in [0.25, 0.3) is 5.91 Å². The summed E-state index contributed by atoms with van der Waals surface area (Å²) in [7, 11) is 1.51. The first-order valence-electron chi connectivity index (χ1n) is 6.94. The molecule has 0 aliphatic rings. The maximum atomic E-state index is 12.4. The van der Waals surface area contributed by atoms with Crippen LogP contribution in [-0.4, -0.2) is 18.9 Å². The molecule has 23 heavy (non-hydrogen) atoms. The third-order valence-corrected chi connectivity index (χ3v) is 3.37. The van der Waals surface area contributed by atoms with E-state index in [1.165, 1.54) is 14.0 Å². The Hall–Kier alpha value is -2.53. The topological polar surface area (TPSA) is 67.4 Å². The van der Waals surface area contributed by atoms with Crippen molar-refractivity contribution >= 4 is 34.8 Å². The van der Waals surface area contributed by atoms with Crippen LogP contribution in [0.1, 0.15) is 22.8 Å². The van der Waals surface area contributed by atoms with E-state index in [9.17, 15) is 9.59 Å². The number of benzene rings is 2. The molecule has 0 heterocycles. The number of hydrogen-bond donors (Lipinski definition) is 2. The standard InChI is InChI=1S/C17H17ClN2O3/c1-10-8-12(18)9-15(16(10)23-3)17(22)20-14-6-4-13(5-7-14)19-11(2)21/h4-9H,1-3H3,(H,19,21)(H,20,22). The van der Waals surface area contributed by atoms with Crippen LogP contribution in [0.15, 0.2) is 36.4 Å². The summed E-state index contributed by atoms with van der Waals surface area (Å²) < 4.78 is 5.29. The summed E-state index contributed by atoms with van der Waals surface area (Å²) in [6.07, 6.45) is 0. The summed E-state index contributed by atoms with van der Waals surface area (Å²) >= 11 is 6.02. The van der Waals surface area contributed by atoms with Crippen LogP contribution in [0.4, 0.5) is 11.4 Å². The number of rotatable bonds is 4. The van der Waals surface area contributed by atoms with Crippen LogP contribution >= 0.6 is 11.6 Å². The first-order valence-corrected chi connectivity index (χ1v) is 7.31. The fraction of sp³-hybridized carbons (Fsp3) is 0.176. The summed E-state index contributed by atoms with van der Waals surface area (Å²) in [5, 5.41) is 5.91. The van der Waals surface area contributed by atoms with Gasteiger partial charge in [-0.15, -0.1) is 0 Å². The number of hydrogen-bond acceptors (Lipinski definition) is 3. The molecule has 5 nitrogen and oxygen atoms in total. The summed E-state index contributed by atoms with van der Waals surface area (Å²) in [6.45, 7) is 3.26. The molecule has 0 fully saturated rings. The Balaban J connectivity index is 2.21. The van der Waals surface area contributed by atoms with Crippen molar-refractivity contribution in [3.05, 3.63) is 52.5 Å². The lowest BCUT2D eigenvalue weighted by molar-refractivity contribution is -0.114. The number of aryl methyl sites for hydroxylation is 1. The quantitative estimate of drug-likeness (QED) is 0.893. The van der Waals surface area contributed by atoms with Gasteiger partial charge < -0.3 is 15.4 Å². The van der Waals surface area contributed by atoms with E-state index in [0.29, 0.717) is 27.7 Å². The highest BCUT2D eigenvalue weighted by Crippen LogP contribution is 2.28. The van der Waals surface area contributed by atoms with E-state index in [-0.39, 0.29) is 11.8 Å². The van der Waals surface area contributed by atoms with Gasteiger partial charge in [-0.2, -0.15) is 0 Å². The average Bonchev–Trinajstić information content (AvgIpc) is 2.48. The number of methoxy groups -OCH3 is 1. The number of anilines is 2. The minimum Gasteiger partial charge on any atom is -0.496 e. The van der Waals surface area contributed by atoms with Crippen LogP contribution in [0.25, 0.3) is 0 Å². The van der Waals surface area contributed by atoms with Crippen LogP contribution in [0.3, 0.4) is 0 Å².